The zero-order valence-corrected chi connectivity index (χ0v) is 15.3. The minimum absolute atomic E-state index is 0.215. The monoisotopic (exact) mass is 391 g/mol. The van der Waals surface area contributed by atoms with E-state index in [9.17, 15) is 4.79 Å². The van der Waals surface area contributed by atoms with Crippen molar-refractivity contribution in [2.75, 3.05) is 17.2 Å². The molecule has 26 heavy (non-hydrogen) atoms. The quantitative estimate of drug-likeness (QED) is 0.659. The lowest BCUT2D eigenvalue weighted by molar-refractivity contribution is 0.102. The van der Waals surface area contributed by atoms with Crippen molar-refractivity contribution in [1.82, 2.24) is 15.1 Å². The van der Waals surface area contributed by atoms with Gasteiger partial charge in [-0.25, -0.2) is 9.97 Å². The standard InChI is InChI=1S/C17H15Cl2N5O2/c1-10-6-16(24-26-10)23-17(25)14-8-15(22-9-21-14)20-5-4-11-2-3-12(18)7-13(11)19/h2-3,6-9H,4-5H2,1H3,(H,20,21,22)(H,23,24,25). The molecule has 3 aromatic rings. The Morgan fingerprint density at radius 3 is 2.73 bits per heavy atom. The lowest BCUT2D eigenvalue weighted by Crippen LogP contribution is -2.15. The molecule has 0 saturated carbocycles. The number of aryl methyl sites for hydroxylation is 1. The lowest BCUT2D eigenvalue weighted by atomic mass is 10.1. The Balaban J connectivity index is 1.59. The fourth-order valence-electron chi connectivity index (χ4n) is 2.23. The predicted octanol–water partition coefficient (Wildman–Crippen LogP) is 3.99. The minimum atomic E-state index is -0.399. The van der Waals surface area contributed by atoms with Crippen molar-refractivity contribution in [2.45, 2.75) is 13.3 Å². The van der Waals surface area contributed by atoms with E-state index in [-0.39, 0.29) is 5.69 Å². The first-order valence-corrected chi connectivity index (χ1v) is 8.51. The number of rotatable bonds is 6. The Kier molecular flexibility index (Phi) is 5.70. The summed E-state index contributed by atoms with van der Waals surface area (Å²) >= 11 is 12.0. The number of nitrogens with one attached hydrogen (secondary N) is 2. The molecule has 0 aliphatic carbocycles. The van der Waals surface area contributed by atoms with Crippen LogP contribution in [0.3, 0.4) is 0 Å². The van der Waals surface area contributed by atoms with Crippen LogP contribution in [0.1, 0.15) is 21.8 Å². The van der Waals surface area contributed by atoms with Gasteiger partial charge in [-0.2, -0.15) is 0 Å². The third-order valence-electron chi connectivity index (χ3n) is 3.48. The van der Waals surface area contributed by atoms with Crippen LogP contribution < -0.4 is 10.6 Å². The van der Waals surface area contributed by atoms with Crippen molar-refractivity contribution >= 4 is 40.7 Å². The molecule has 1 amide bonds. The molecular weight excluding hydrogens is 377 g/mol. The second-order valence-corrected chi connectivity index (χ2v) is 6.32. The van der Waals surface area contributed by atoms with Gasteiger partial charge >= 0.3 is 0 Å². The molecule has 0 spiro atoms. The Labute approximate surface area is 159 Å². The van der Waals surface area contributed by atoms with Gasteiger partial charge in [0.25, 0.3) is 5.91 Å². The van der Waals surface area contributed by atoms with Crippen LogP contribution in [0.15, 0.2) is 41.2 Å². The maximum atomic E-state index is 12.2. The van der Waals surface area contributed by atoms with Gasteiger partial charge in [0.15, 0.2) is 5.82 Å². The molecule has 0 saturated heterocycles. The second-order valence-electron chi connectivity index (χ2n) is 5.48. The zero-order valence-electron chi connectivity index (χ0n) is 13.8. The molecule has 0 fully saturated rings. The number of amides is 1. The SMILES string of the molecule is Cc1cc(NC(=O)c2cc(NCCc3ccc(Cl)cc3Cl)ncn2)no1. The summed E-state index contributed by atoms with van der Waals surface area (Å²) in [5.41, 5.74) is 1.18. The van der Waals surface area contributed by atoms with E-state index in [1.54, 1.807) is 31.2 Å². The first-order valence-electron chi connectivity index (χ1n) is 7.76. The molecule has 9 heteroatoms. The van der Waals surface area contributed by atoms with E-state index in [1.807, 2.05) is 6.07 Å². The fourth-order valence-corrected chi connectivity index (χ4v) is 2.74. The van der Waals surface area contributed by atoms with Crippen molar-refractivity contribution in [1.29, 1.82) is 0 Å². The van der Waals surface area contributed by atoms with E-state index in [4.69, 9.17) is 27.7 Å². The second kappa shape index (κ2) is 8.16. The molecule has 3 rings (SSSR count). The minimum Gasteiger partial charge on any atom is -0.370 e. The maximum absolute atomic E-state index is 12.2. The Morgan fingerprint density at radius 1 is 1.15 bits per heavy atom. The third kappa shape index (κ3) is 4.71. The number of benzene rings is 1. The van der Waals surface area contributed by atoms with Crippen LogP contribution >= 0.6 is 23.2 Å². The first-order chi connectivity index (χ1) is 12.5. The Hall–Kier alpha value is -2.64. The number of halogens is 2. The average Bonchev–Trinajstić information content (AvgIpc) is 3.02. The van der Waals surface area contributed by atoms with Crippen molar-refractivity contribution < 1.29 is 9.32 Å². The van der Waals surface area contributed by atoms with Gasteiger partial charge in [0.2, 0.25) is 0 Å². The number of anilines is 2. The maximum Gasteiger partial charge on any atom is 0.275 e. The number of nitrogens with zero attached hydrogens (tertiary/aromatic N) is 3. The van der Waals surface area contributed by atoms with E-state index in [2.05, 4.69) is 25.8 Å². The molecule has 0 aliphatic heterocycles. The van der Waals surface area contributed by atoms with Gasteiger partial charge in [-0.3, -0.25) is 4.79 Å². The highest BCUT2D eigenvalue weighted by Crippen LogP contribution is 2.21. The summed E-state index contributed by atoms with van der Waals surface area (Å²) in [6.07, 6.45) is 2.00. The third-order valence-corrected chi connectivity index (χ3v) is 4.07. The summed E-state index contributed by atoms with van der Waals surface area (Å²) in [7, 11) is 0. The molecule has 0 bridgehead atoms. The molecular formula is C17H15Cl2N5O2. The van der Waals surface area contributed by atoms with E-state index in [0.717, 1.165) is 5.56 Å². The molecule has 0 unspecified atom stereocenters. The zero-order chi connectivity index (χ0) is 18.5. The fraction of sp³-hybridized carbons (Fsp3) is 0.176. The molecule has 2 aromatic heterocycles. The lowest BCUT2D eigenvalue weighted by Gasteiger charge is -2.08. The smallest absolute Gasteiger partial charge is 0.275 e. The number of hydrogen-bond acceptors (Lipinski definition) is 6. The van der Waals surface area contributed by atoms with E-state index in [1.165, 1.54) is 6.33 Å². The van der Waals surface area contributed by atoms with Crippen LogP contribution in [0, 0.1) is 6.92 Å². The Bertz CT molecular complexity index is 929. The Morgan fingerprint density at radius 2 is 2.00 bits per heavy atom. The van der Waals surface area contributed by atoms with Crippen LogP contribution in [0.2, 0.25) is 10.0 Å². The van der Waals surface area contributed by atoms with Crippen molar-refractivity contribution in [2.24, 2.45) is 0 Å². The average molecular weight is 392 g/mol. The molecule has 134 valence electrons. The van der Waals surface area contributed by atoms with Crippen LogP contribution in [0.4, 0.5) is 11.6 Å². The molecule has 2 heterocycles. The number of hydrogen-bond donors (Lipinski definition) is 2. The molecule has 0 radical (unpaired) electrons. The van der Waals surface area contributed by atoms with Gasteiger partial charge in [-0.05, 0) is 31.0 Å². The van der Waals surface area contributed by atoms with Crippen LogP contribution in [-0.2, 0) is 6.42 Å². The number of carbonyl (C=O) groups excluding carboxylic acids is 1. The summed E-state index contributed by atoms with van der Waals surface area (Å²) in [4.78, 5) is 20.3. The number of aromatic nitrogens is 3. The van der Waals surface area contributed by atoms with E-state index in [0.29, 0.717) is 40.4 Å². The van der Waals surface area contributed by atoms with Gasteiger partial charge in [0.05, 0.1) is 0 Å². The molecule has 2 N–H and O–H groups in total. The van der Waals surface area contributed by atoms with Crippen LogP contribution in [0.5, 0.6) is 0 Å². The van der Waals surface area contributed by atoms with Gasteiger partial charge in [0.1, 0.15) is 23.6 Å². The summed E-state index contributed by atoms with van der Waals surface area (Å²) in [6.45, 7) is 2.32. The predicted molar refractivity (Wildman–Crippen MR) is 99.9 cm³/mol. The van der Waals surface area contributed by atoms with Crippen molar-refractivity contribution in [3.05, 3.63) is 63.7 Å². The van der Waals surface area contributed by atoms with Gasteiger partial charge in [0, 0.05) is 28.7 Å². The number of carbonyl (C=O) groups is 1. The van der Waals surface area contributed by atoms with Crippen LogP contribution in [-0.4, -0.2) is 27.6 Å². The van der Waals surface area contributed by atoms with Crippen molar-refractivity contribution in [3.63, 3.8) is 0 Å². The molecule has 7 nitrogen and oxygen atoms in total. The normalized spacial score (nSPS) is 10.6. The first kappa shape index (κ1) is 18.2. The van der Waals surface area contributed by atoms with Gasteiger partial charge in [-0.15, -0.1) is 0 Å². The molecule has 0 atom stereocenters. The largest absolute Gasteiger partial charge is 0.370 e. The summed E-state index contributed by atoms with van der Waals surface area (Å²) in [5, 5.41) is 10.7. The molecule has 0 aliphatic rings. The van der Waals surface area contributed by atoms with Crippen LogP contribution in [0.25, 0.3) is 0 Å². The summed E-state index contributed by atoms with van der Waals surface area (Å²) in [6, 6.07) is 8.56. The van der Waals surface area contributed by atoms with Crippen molar-refractivity contribution in [3.8, 4) is 0 Å². The topological polar surface area (TPSA) is 92.9 Å². The highest BCUT2D eigenvalue weighted by Gasteiger charge is 2.11. The summed E-state index contributed by atoms with van der Waals surface area (Å²) < 4.78 is 4.91. The highest BCUT2D eigenvalue weighted by atomic mass is 35.5. The van der Waals surface area contributed by atoms with Gasteiger partial charge < -0.3 is 15.2 Å². The highest BCUT2D eigenvalue weighted by molar-refractivity contribution is 6.35. The van der Waals surface area contributed by atoms with E-state index < -0.39 is 5.91 Å². The van der Waals surface area contributed by atoms with E-state index >= 15 is 0 Å². The summed E-state index contributed by atoms with van der Waals surface area (Å²) in [5.74, 6) is 1.07. The molecule has 1 aromatic carbocycles. The van der Waals surface area contributed by atoms with Gasteiger partial charge in [-0.1, -0.05) is 34.4 Å².